The van der Waals surface area contributed by atoms with Gasteiger partial charge >= 0.3 is 0 Å². The topological polar surface area (TPSA) is 21.3 Å². The lowest BCUT2D eigenvalue weighted by Crippen LogP contribution is -2.46. The maximum absolute atomic E-state index is 6.15. The van der Waals surface area contributed by atoms with E-state index in [-0.39, 0.29) is 5.60 Å². The lowest BCUT2D eigenvalue weighted by atomic mass is 9.98. The van der Waals surface area contributed by atoms with Gasteiger partial charge in [-0.05, 0) is 38.3 Å². The highest BCUT2D eigenvalue weighted by Gasteiger charge is 2.33. The van der Waals surface area contributed by atoms with Crippen LogP contribution in [0, 0.1) is 0 Å². The van der Waals surface area contributed by atoms with Gasteiger partial charge in [-0.15, -0.1) is 0 Å². The van der Waals surface area contributed by atoms with Gasteiger partial charge in [0.05, 0.1) is 5.60 Å². The highest BCUT2D eigenvalue weighted by Crippen LogP contribution is 2.27. The fourth-order valence-corrected chi connectivity index (χ4v) is 2.79. The molecule has 1 aliphatic heterocycles. The second-order valence-corrected chi connectivity index (χ2v) is 8.80. The summed E-state index contributed by atoms with van der Waals surface area (Å²) in [4.78, 5) is 0. The first kappa shape index (κ1) is 12.2. The molecule has 1 heterocycles. The van der Waals surface area contributed by atoms with Crippen LogP contribution in [0.1, 0.15) is 47.5 Å². The second-order valence-electron chi connectivity index (χ2n) is 6.10. The van der Waals surface area contributed by atoms with Crippen LogP contribution in [0.4, 0.5) is 0 Å². The SMILES string of the molecule is CC(C)(C)[SiH2]OC(C)(C)[C@@H]1CCCN1. The monoisotopic (exact) mass is 215 g/mol. The Kier molecular flexibility index (Phi) is 3.78. The molecule has 3 heteroatoms. The zero-order chi connectivity index (χ0) is 10.8. The lowest BCUT2D eigenvalue weighted by Gasteiger charge is -2.35. The Morgan fingerprint density at radius 2 is 1.86 bits per heavy atom. The highest BCUT2D eigenvalue weighted by molar-refractivity contribution is 6.31. The van der Waals surface area contributed by atoms with Crippen molar-refractivity contribution >= 4 is 9.76 Å². The van der Waals surface area contributed by atoms with Gasteiger partial charge in [0.1, 0.15) is 0 Å². The van der Waals surface area contributed by atoms with Crippen molar-refractivity contribution in [2.45, 2.75) is 64.1 Å². The number of rotatable bonds is 3. The molecule has 1 aliphatic rings. The largest absolute Gasteiger partial charge is 0.417 e. The van der Waals surface area contributed by atoms with Crippen LogP contribution in [-0.2, 0) is 4.43 Å². The molecule has 0 spiro atoms. The van der Waals surface area contributed by atoms with Crippen LogP contribution in [-0.4, -0.2) is 28.0 Å². The molecule has 0 aliphatic carbocycles. The molecule has 0 unspecified atom stereocenters. The van der Waals surface area contributed by atoms with Crippen molar-refractivity contribution in [1.29, 1.82) is 0 Å². The average molecular weight is 215 g/mol. The Morgan fingerprint density at radius 3 is 2.29 bits per heavy atom. The van der Waals surface area contributed by atoms with Crippen molar-refractivity contribution in [3.05, 3.63) is 0 Å². The zero-order valence-electron chi connectivity index (χ0n) is 10.3. The van der Waals surface area contributed by atoms with E-state index in [9.17, 15) is 0 Å². The molecule has 84 valence electrons. The van der Waals surface area contributed by atoms with Crippen LogP contribution in [0.5, 0.6) is 0 Å². The maximum atomic E-state index is 6.15. The van der Waals surface area contributed by atoms with Crippen molar-refractivity contribution in [3.63, 3.8) is 0 Å². The minimum Gasteiger partial charge on any atom is -0.417 e. The van der Waals surface area contributed by atoms with E-state index in [2.05, 4.69) is 39.9 Å². The fraction of sp³-hybridized carbons (Fsp3) is 1.00. The molecular formula is C11H25NOSi. The third-order valence-electron chi connectivity index (χ3n) is 2.78. The smallest absolute Gasteiger partial charge is 0.167 e. The van der Waals surface area contributed by atoms with Gasteiger partial charge in [0.2, 0.25) is 0 Å². The third-order valence-corrected chi connectivity index (χ3v) is 4.53. The predicted molar refractivity (Wildman–Crippen MR) is 64.4 cm³/mol. The van der Waals surface area contributed by atoms with Gasteiger partial charge in [0, 0.05) is 6.04 Å². The Labute approximate surface area is 90.7 Å². The van der Waals surface area contributed by atoms with Gasteiger partial charge in [-0.2, -0.15) is 0 Å². The molecule has 1 atom stereocenters. The normalized spacial score (nSPS) is 25.1. The average Bonchev–Trinajstić information content (AvgIpc) is 2.52. The summed E-state index contributed by atoms with van der Waals surface area (Å²) in [5.74, 6) is 0. The summed E-state index contributed by atoms with van der Waals surface area (Å²) in [5.41, 5.74) is 0.0377. The van der Waals surface area contributed by atoms with E-state index in [0.717, 1.165) is 6.54 Å². The standard InChI is InChI=1S/C11H25NOSi/c1-10(2,3)14-13-11(4,5)9-7-6-8-12-9/h9,12H,6-8,14H2,1-5H3/t9-/m0/s1. The molecule has 0 aromatic carbocycles. The van der Waals surface area contributed by atoms with E-state index in [1.807, 2.05) is 0 Å². The highest BCUT2D eigenvalue weighted by atomic mass is 28.2. The molecule has 1 fully saturated rings. The summed E-state index contributed by atoms with van der Waals surface area (Å²) in [6.07, 6.45) is 2.57. The first-order valence-corrected chi connectivity index (χ1v) is 6.97. The van der Waals surface area contributed by atoms with E-state index in [1.54, 1.807) is 0 Å². The van der Waals surface area contributed by atoms with E-state index >= 15 is 0 Å². The summed E-state index contributed by atoms with van der Waals surface area (Å²) in [6, 6.07) is 0.567. The molecule has 0 radical (unpaired) electrons. The summed E-state index contributed by atoms with van der Waals surface area (Å²) in [6.45, 7) is 12.4. The molecule has 0 aromatic heterocycles. The van der Waals surface area contributed by atoms with E-state index in [4.69, 9.17) is 4.43 Å². The Hall–Kier alpha value is 0.137. The number of hydrogen-bond acceptors (Lipinski definition) is 2. The summed E-state index contributed by atoms with van der Waals surface area (Å²) < 4.78 is 6.15. The molecule has 1 saturated heterocycles. The summed E-state index contributed by atoms with van der Waals surface area (Å²) in [7, 11) is -0.428. The first-order chi connectivity index (χ1) is 6.31. The van der Waals surface area contributed by atoms with Gasteiger partial charge in [0.25, 0.3) is 0 Å². The fourth-order valence-electron chi connectivity index (χ4n) is 1.78. The quantitative estimate of drug-likeness (QED) is 0.725. The number of nitrogens with one attached hydrogen (secondary N) is 1. The van der Waals surface area contributed by atoms with Gasteiger partial charge in [-0.3, -0.25) is 0 Å². The van der Waals surface area contributed by atoms with Gasteiger partial charge < -0.3 is 9.74 Å². The molecular weight excluding hydrogens is 190 g/mol. The van der Waals surface area contributed by atoms with Crippen LogP contribution in [0.3, 0.4) is 0 Å². The van der Waals surface area contributed by atoms with Gasteiger partial charge in [-0.25, -0.2) is 0 Å². The van der Waals surface area contributed by atoms with Crippen LogP contribution in [0.15, 0.2) is 0 Å². The minimum absolute atomic E-state index is 0.0377. The Morgan fingerprint density at radius 1 is 1.21 bits per heavy atom. The third kappa shape index (κ3) is 3.71. The first-order valence-electron chi connectivity index (χ1n) is 5.69. The molecule has 0 amide bonds. The molecule has 0 saturated carbocycles. The lowest BCUT2D eigenvalue weighted by molar-refractivity contribution is 0.0720. The molecule has 1 rings (SSSR count). The Bertz CT molecular complexity index is 180. The predicted octanol–water partition coefficient (Wildman–Crippen LogP) is 1.84. The van der Waals surface area contributed by atoms with Crippen LogP contribution in [0.2, 0.25) is 5.04 Å². The summed E-state index contributed by atoms with van der Waals surface area (Å²) in [5, 5.41) is 3.93. The van der Waals surface area contributed by atoms with Crippen molar-refractivity contribution < 1.29 is 4.43 Å². The summed E-state index contributed by atoms with van der Waals surface area (Å²) >= 11 is 0. The zero-order valence-corrected chi connectivity index (χ0v) is 11.7. The molecule has 1 N–H and O–H groups in total. The van der Waals surface area contributed by atoms with Crippen LogP contribution >= 0.6 is 0 Å². The van der Waals surface area contributed by atoms with Gasteiger partial charge in [-0.1, -0.05) is 20.8 Å². The van der Waals surface area contributed by atoms with Crippen LogP contribution in [0.25, 0.3) is 0 Å². The molecule has 14 heavy (non-hydrogen) atoms. The molecule has 0 bridgehead atoms. The Balaban J connectivity index is 2.40. The minimum atomic E-state index is -0.428. The van der Waals surface area contributed by atoms with E-state index in [1.165, 1.54) is 12.8 Å². The van der Waals surface area contributed by atoms with Crippen molar-refractivity contribution in [2.24, 2.45) is 0 Å². The van der Waals surface area contributed by atoms with Crippen molar-refractivity contribution in [1.82, 2.24) is 5.32 Å². The second kappa shape index (κ2) is 4.33. The maximum Gasteiger partial charge on any atom is 0.167 e. The van der Waals surface area contributed by atoms with E-state index < -0.39 is 9.76 Å². The molecule has 0 aromatic rings. The van der Waals surface area contributed by atoms with Crippen LogP contribution < -0.4 is 5.32 Å². The molecule has 2 nitrogen and oxygen atoms in total. The van der Waals surface area contributed by atoms with Crippen molar-refractivity contribution in [3.8, 4) is 0 Å². The van der Waals surface area contributed by atoms with E-state index in [0.29, 0.717) is 11.1 Å². The number of hydrogen-bond donors (Lipinski definition) is 1. The van der Waals surface area contributed by atoms with Crippen molar-refractivity contribution in [2.75, 3.05) is 6.54 Å². The van der Waals surface area contributed by atoms with Gasteiger partial charge in [0.15, 0.2) is 9.76 Å².